The summed E-state index contributed by atoms with van der Waals surface area (Å²) < 4.78 is 26.4. The minimum Gasteiger partial charge on any atom is -0.341 e. The Labute approximate surface area is 168 Å². The molecule has 2 saturated heterocycles. The van der Waals surface area contributed by atoms with Crippen LogP contribution in [0.4, 0.5) is 14.5 Å². The average Bonchev–Trinajstić information content (AvgIpc) is 3.16. The number of hydrogen-bond donors (Lipinski definition) is 1. The van der Waals surface area contributed by atoms with Crippen molar-refractivity contribution < 1.29 is 23.2 Å². The number of piperidine rings is 1. The van der Waals surface area contributed by atoms with E-state index in [1.807, 2.05) is 4.90 Å². The lowest BCUT2D eigenvalue weighted by molar-refractivity contribution is -0.144. The van der Waals surface area contributed by atoms with Gasteiger partial charge < -0.3 is 15.1 Å². The van der Waals surface area contributed by atoms with Gasteiger partial charge in [0.2, 0.25) is 17.7 Å². The van der Waals surface area contributed by atoms with E-state index in [9.17, 15) is 23.2 Å². The van der Waals surface area contributed by atoms with Crippen LogP contribution in [0.15, 0.2) is 18.2 Å². The van der Waals surface area contributed by atoms with E-state index >= 15 is 0 Å². The predicted octanol–water partition coefficient (Wildman–Crippen LogP) is 2.54. The molecule has 2 heterocycles. The van der Waals surface area contributed by atoms with E-state index in [1.54, 1.807) is 4.90 Å². The van der Waals surface area contributed by atoms with Crippen LogP contribution < -0.4 is 5.32 Å². The Morgan fingerprint density at radius 1 is 1.10 bits per heavy atom. The molecule has 3 amide bonds. The van der Waals surface area contributed by atoms with Gasteiger partial charge >= 0.3 is 0 Å². The van der Waals surface area contributed by atoms with Gasteiger partial charge in [-0.25, -0.2) is 8.78 Å². The smallest absolute Gasteiger partial charge is 0.245 e. The number of halogens is 2. The highest BCUT2D eigenvalue weighted by atomic mass is 19.2. The first kappa shape index (κ1) is 19.8. The Bertz CT molecular complexity index is 852. The van der Waals surface area contributed by atoms with Crippen molar-refractivity contribution in [3.63, 3.8) is 0 Å². The summed E-state index contributed by atoms with van der Waals surface area (Å²) in [6, 6.07) is 2.96. The molecule has 1 N–H and O–H groups in total. The Hall–Kier alpha value is -2.51. The number of nitrogens with one attached hydrogen (secondary N) is 1. The van der Waals surface area contributed by atoms with Crippen molar-refractivity contribution in [1.82, 2.24) is 9.80 Å². The SMILES string of the molecule is CC(=O)N1CCC[C@H]1C(=O)N1CCC2(CC1)CC2C(=O)Nc1ccc(F)c(F)c1. The third kappa shape index (κ3) is 3.72. The first-order valence-corrected chi connectivity index (χ1v) is 10.1. The molecule has 29 heavy (non-hydrogen) atoms. The summed E-state index contributed by atoms with van der Waals surface area (Å²) >= 11 is 0. The molecule has 0 aromatic heterocycles. The van der Waals surface area contributed by atoms with Crippen LogP contribution in [-0.4, -0.2) is 53.2 Å². The number of likely N-dealkylation sites (tertiary alicyclic amines) is 2. The topological polar surface area (TPSA) is 69.7 Å². The van der Waals surface area contributed by atoms with Gasteiger partial charge in [0, 0.05) is 44.2 Å². The van der Waals surface area contributed by atoms with E-state index in [0.29, 0.717) is 26.1 Å². The van der Waals surface area contributed by atoms with Gasteiger partial charge in [0.25, 0.3) is 0 Å². The number of carbonyl (C=O) groups excluding carboxylic acids is 3. The van der Waals surface area contributed by atoms with Crippen LogP contribution in [0.2, 0.25) is 0 Å². The van der Waals surface area contributed by atoms with E-state index < -0.39 is 11.6 Å². The molecular formula is C21H25F2N3O3. The van der Waals surface area contributed by atoms with Crippen LogP contribution >= 0.6 is 0 Å². The Kier molecular flexibility index (Phi) is 5.04. The maximum absolute atomic E-state index is 13.3. The maximum Gasteiger partial charge on any atom is 0.245 e. The van der Waals surface area contributed by atoms with E-state index in [1.165, 1.54) is 13.0 Å². The molecule has 3 aliphatic rings. The Morgan fingerprint density at radius 3 is 2.48 bits per heavy atom. The lowest BCUT2D eigenvalue weighted by Gasteiger charge is -2.36. The summed E-state index contributed by atoms with van der Waals surface area (Å²) in [5, 5.41) is 2.67. The average molecular weight is 405 g/mol. The number of carbonyl (C=O) groups is 3. The molecule has 1 aromatic carbocycles. The van der Waals surface area contributed by atoms with Crippen LogP contribution in [0.3, 0.4) is 0 Å². The van der Waals surface area contributed by atoms with Crippen molar-refractivity contribution in [3.05, 3.63) is 29.8 Å². The zero-order chi connectivity index (χ0) is 20.8. The number of nitrogens with zero attached hydrogens (tertiary/aromatic N) is 2. The highest BCUT2D eigenvalue weighted by molar-refractivity contribution is 5.95. The van der Waals surface area contributed by atoms with Crippen LogP contribution in [0.1, 0.15) is 39.0 Å². The van der Waals surface area contributed by atoms with Gasteiger partial charge in [-0.15, -0.1) is 0 Å². The van der Waals surface area contributed by atoms with Gasteiger partial charge in [-0.3, -0.25) is 14.4 Å². The lowest BCUT2D eigenvalue weighted by Crippen LogP contribution is -2.50. The summed E-state index contributed by atoms with van der Waals surface area (Å²) in [6.45, 7) is 3.29. The number of benzene rings is 1. The molecule has 4 rings (SSSR count). The number of amides is 3. The van der Waals surface area contributed by atoms with Gasteiger partial charge in [-0.2, -0.15) is 0 Å². The normalized spacial score (nSPS) is 25.2. The zero-order valence-electron chi connectivity index (χ0n) is 16.4. The molecule has 8 heteroatoms. The maximum atomic E-state index is 13.3. The minimum atomic E-state index is -0.994. The first-order chi connectivity index (χ1) is 13.8. The fraction of sp³-hybridized carbons (Fsp3) is 0.571. The first-order valence-electron chi connectivity index (χ1n) is 10.1. The molecule has 156 valence electrons. The largest absolute Gasteiger partial charge is 0.341 e. The molecular weight excluding hydrogens is 380 g/mol. The molecule has 1 saturated carbocycles. The van der Waals surface area contributed by atoms with E-state index in [-0.39, 0.29) is 40.8 Å². The number of hydrogen-bond acceptors (Lipinski definition) is 3. The highest BCUT2D eigenvalue weighted by Crippen LogP contribution is 2.59. The lowest BCUT2D eigenvalue weighted by atomic mass is 9.90. The van der Waals surface area contributed by atoms with Crippen molar-refractivity contribution in [3.8, 4) is 0 Å². The monoisotopic (exact) mass is 405 g/mol. The second-order valence-electron chi connectivity index (χ2n) is 8.43. The van der Waals surface area contributed by atoms with E-state index in [4.69, 9.17) is 0 Å². The molecule has 1 unspecified atom stereocenters. The number of anilines is 1. The quantitative estimate of drug-likeness (QED) is 0.840. The summed E-state index contributed by atoms with van der Waals surface area (Å²) in [5.74, 6) is -2.36. The van der Waals surface area contributed by atoms with Crippen LogP contribution in [0.5, 0.6) is 0 Å². The second-order valence-corrected chi connectivity index (χ2v) is 8.43. The molecule has 1 aliphatic carbocycles. The van der Waals surface area contributed by atoms with Crippen molar-refractivity contribution in [1.29, 1.82) is 0 Å². The van der Waals surface area contributed by atoms with Gasteiger partial charge in [0.15, 0.2) is 11.6 Å². The van der Waals surface area contributed by atoms with Gasteiger partial charge in [-0.05, 0) is 49.7 Å². The molecule has 1 spiro atoms. The predicted molar refractivity (Wildman–Crippen MR) is 102 cm³/mol. The third-order valence-corrected chi connectivity index (χ3v) is 6.71. The fourth-order valence-electron chi connectivity index (χ4n) is 4.86. The van der Waals surface area contributed by atoms with Gasteiger partial charge in [-0.1, -0.05) is 0 Å². The second kappa shape index (κ2) is 7.39. The van der Waals surface area contributed by atoms with Gasteiger partial charge in [0.05, 0.1) is 0 Å². The molecule has 6 nitrogen and oxygen atoms in total. The van der Waals surface area contributed by atoms with E-state index in [0.717, 1.165) is 37.8 Å². The molecule has 3 fully saturated rings. The standard InChI is InChI=1S/C21H25F2N3O3/c1-13(27)26-8-2-3-18(26)20(29)25-9-6-21(7-10-25)12-15(21)19(28)24-14-4-5-16(22)17(23)11-14/h4-5,11,15,18H,2-3,6-10,12H2,1H3,(H,24,28)/t15?,18-/m0/s1. The van der Waals surface area contributed by atoms with Crippen molar-refractivity contribution in [2.24, 2.45) is 11.3 Å². The Morgan fingerprint density at radius 2 is 1.83 bits per heavy atom. The molecule has 0 radical (unpaired) electrons. The van der Waals surface area contributed by atoms with Crippen molar-refractivity contribution in [2.75, 3.05) is 25.0 Å². The summed E-state index contributed by atoms with van der Waals surface area (Å²) in [7, 11) is 0. The van der Waals surface area contributed by atoms with Crippen molar-refractivity contribution >= 4 is 23.4 Å². The fourth-order valence-corrected chi connectivity index (χ4v) is 4.86. The molecule has 1 aromatic rings. The minimum absolute atomic E-state index is 0.0102. The van der Waals surface area contributed by atoms with Crippen molar-refractivity contribution in [2.45, 2.75) is 45.1 Å². The Balaban J connectivity index is 1.32. The third-order valence-electron chi connectivity index (χ3n) is 6.71. The highest BCUT2D eigenvalue weighted by Gasteiger charge is 2.59. The molecule has 2 atom stereocenters. The molecule has 2 aliphatic heterocycles. The van der Waals surface area contributed by atoms with Crippen LogP contribution in [0.25, 0.3) is 0 Å². The van der Waals surface area contributed by atoms with Gasteiger partial charge in [0.1, 0.15) is 6.04 Å². The zero-order valence-corrected chi connectivity index (χ0v) is 16.4. The summed E-state index contributed by atoms with van der Waals surface area (Å²) in [5.41, 5.74) is 0.129. The van der Waals surface area contributed by atoms with E-state index in [2.05, 4.69) is 5.32 Å². The van der Waals surface area contributed by atoms with Crippen LogP contribution in [-0.2, 0) is 14.4 Å². The summed E-state index contributed by atoms with van der Waals surface area (Å²) in [4.78, 5) is 40.6. The molecule has 0 bridgehead atoms. The van der Waals surface area contributed by atoms with Crippen LogP contribution in [0, 0.1) is 23.0 Å². The summed E-state index contributed by atoms with van der Waals surface area (Å²) in [6.07, 6.45) is 3.77. The number of rotatable bonds is 3.